The van der Waals surface area contributed by atoms with E-state index in [9.17, 15) is 8.42 Å². The van der Waals surface area contributed by atoms with Crippen LogP contribution in [0.25, 0.3) is 0 Å². The van der Waals surface area contributed by atoms with Gasteiger partial charge in [-0.15, -0.1) is 0 Å². The Morgan fingerprint density at radius 1 is 1.35 bits per heavy atom. The standard InChI is InChI=1S/C14H22N2O3S/c1-14(8-2-10-19-11-14)16-20(17,18)13-5-3-12(4-6-13)7-9-15/h3-6,16H,2,7-11,15H2,1H3. The third-order valence-corrected chi connectivity index (χ3v) is 5.14. The van der Waals surface area contributed by atoms with Crippen LogP contribution in [-0.2, 0) is 21.2 Å². The molecule has 1 aromatic carbocycles. The van der Waals surface area contributed by atoms with E-state index in [1.807, 2.05) is 6.92 Å². The second-order valence-electron chi connectivity index (χ2n) is 5.50. The predicted molar refractivity (Wildman–Crippen MR) is 78.0 cm³/mol. The minimum Gasteiger partial charge on any atom is -0.380 e. The molecule has 20 heavy (non-hydrogen) atoms. The number of ether oxygens (including phenoxy) is 1. The van der Waals surface area contributed by atoms with E-state index in [-0.39, 0.29) is 4.90 Å². The van der Waals surface area contributed by atoms with Gasteiger partial charge in [0.2, 0.25) is 10.0 Å². The fraction of sp³-hybridized carbons (Fsp3) is 0.571. The second kappa shape index (κ2) is 6.22. The minimum absolute atomic E-state index is 0.282. The molecule has 0 saturated carbocycles. The third-order valence-electron chi connectivity index (χ3n) is 3.49. The highest BCUT2D eigenvalue weighted by Gasteiger charge is 2.32. The van der Waals surface area contributed by atoms with Gasteiger partial charge in [-0.3, -0.25) is 0 Å². The average Bonchev–Trinajstić information content (AvgIpc) is 2.39. The Morgan fingerprint density at radius 2 is 2.05 bits per heavy atom. The summed E-state index contributed by atoms with van der Waals surface area (Å²) < 4.78 is 32.9. The molecule has 0 radical (unpaired) electrons. The van der Waals surface area contributed by atoms with E-state index >= 15 is 0 Å². The molecule has 3 N–H and O–H groups in total. The van der Waals surface area contributed by atoms with Gasteiger partial charge >= 0.3 is 0 Å². The van der Waals surface area contributed by atoms with Crippen LogP contribution >= 0.6 is 0 Å². The first-order chi connectivity index (χ1) is 9.45. The maximum atomic E-state index is 12.4. The molecule has 6 heteroatoms. The molecule has 1 aliphatic heterocycles. The topological polar surface area (TPSA) is 81.4 Å². The smallest absolute Gasteiger partial charge is 0.241 e. The van der Waals surface area contributed by atoms with E-state index in [0.29, 0.717) is 19.8 Å². The summed E-state index contributed by atoms with van der Waals surface area (Å²) in [5.74, 6) is 0. The largest absolute Gasteiger partial charge is 0.380 e. The number of nitrogens with one attached hydrogen (secondary N) is 1. The first kappa shape index (κ1) is 15.4. The SMILES string of the molecule is CC1(NS(=O)(=O)c2ccc(CCN)cc2)CCCOC1. The van der Waals surface area contributed by atoms with Crippen molar-refractivity contribution in [3.05, 3.63) is 29.8 Å². The Kier molecular flexibility index (Phi) is 4.80. The summed E-state index contributed by atoms with van der Waals surface area (Å²) in [6.45, 7) is 3.55. The first-order valence-corrected chi connectivity index (χ1v) is 8.34. The molecule has 1 unspecified atom stereocenters. The summed E-state index contributed by atoms with van der Waals surface area (Å²) in [6, 6.07) is 6.86. The summed E-state index contributed by atoms with van der Waals surface area (Å²) >= 11 is 0. The van der Waals surface area contributed by atoms with Crippen molar-refractivity contribution in [3.8, 4) is 0 Å². The Balaban J connectivity index is 2.13. The van der Waals surface area contributed by atoms with E-state index in [4.69, 9.17) is 10.5 Å². The number of benzene rings is 1. The Bertz CT molecular complexity index is 534. The molecular formula is C14H22N2O3S. The van der Waals surface area contributed by atoms with Crippen LogP contribution in [-0.4, -0.2) is 33.7 Å². The highest BCUT2D eigenvalue weighted by molar-refractivity contribution is 7.89. The molecule has 0 amide bonds. The van der Waals surface area contributed by atoms with Gasteiger partial charge in [-0.2, -0.15) is 0 Å². The molecule has 1 aromatic rings. The van der Waals surface area contributed by atoms with E-state index in [1.54, 1.807) is 24.3 Å². The van der Waals surface area contributed by atoms with Gasteiger partial charge in [0.05, 0.1) is 17.0 Å². The lowest BCUT2D eigenvalue weighted by Gasteiger charge is -2.33. The van der Waals surface area contributed by atoms with Crippen molar-refractivity contribution in [2.45, 2.75) is 36.6 Å². The summed E-state index contributed by atoms with van der Waals surface area (Å²) in [6.07, 6.45) is 2.41. The lowest BCUT2D eigenvalue weighted by atomic mass is 9.97. The fourth-order valence-electron chi connectivity index (χ4n) is 2.40. The zero-order chi connectivity index (χ0) is 14.6. The normalized spacial score (nSPS) is 23.7. The van der Waals surface area contributed by atoms with Crippen LogP contribution in [0.5, 0.6) is 0 Å². The maximum absolute atomic E-state index is 12.4. The molecule has 112 valence electrons. The summed E-state index contributed by atoms with van der Waals surface area (Å²) in [5, 5.41) is 0. The number of hydrogen-bond donors (Lipinski definition) is 2. The molecule has 0 aliphatic carbocycles. The van der Waals surface area contributed by atoms with Crippen molar-refractivity contribution < 1.29 is 13.2 Å². The van der Waals surface area contributed by atoms with E-state index in [0.717, 1.165) is 24.8 Å². The molecule has 5 nitrogen and oxygen atoms in total. The number of nitrogens with two attached hydrogens (primary N) is 1. The fourth-order valence-corrected chi connectivity index (χ4v) is 3.82. The Morgan fingerprint density at radius 3 is 2.60 bits per heavy atom. The monoisotopic (exact) mass is 298 g/mol. The van der Waals surface area contributed by atoms with Gasteiger partial charge in [0.1, 0.15) is 0 Å². The molecule has 1 aliphatic rings. The van der Waals surface area contributed by atoms with Gasteiger partial charge in [0.15, 0.2) is 0 Å². The highest BCUT2D eigenvalue weighted by Crippen LogP contribution is 2.22. The Hall–Kier alpha value is -0.950. The zero-order valence-electron chi connectivity index (χ0n) is 11.8. The molecule has 1 saturated heterocycles. The number of rotatable bonds is 5. The molecule has 0 bridgehead atoms. The molecule has 1 heterocycles. The van der Waals surface area contributed by atoms with Gasteiger partial charge in [-0.05, 0) is 50.4 Å². The lowest BCUT2D eigenvalue weighted by molar-refractivity contribution is 0.0386. The quantitative estimate of drug-likeness (QED) is 0.851. The molecular weight excluding hydrogens is 276 g/mol. The third kappa shape index (κ3) is 3.79. The van der Waals surface area contributed by atoms with Crippen LogP contribution < -0.4 is 10.5 Å². The summed E-state index contributed by atoms with van der Waals surface area (Å²) in [5.41, 5.74) is 6.00. The van der Waals surface area contributed by atoms with Crippen molar-refractivity contribution in [3.63, 3.8) is 0 Å². The molecule has 0 aromatic heterocycles. The van der Waals surface area contributed by atoms with E-state index < -0.39 is 15.6 Å². The molecule has 0 spiro atoms. The molecule has 1 fully saturated rings. The minimum atomic E-state index is -3.51. The van der Waals surface area contributed by atoms with Gasteiger partial charge in [-0.1, -0.05) is 12.1 Å². The lowest BCUT2D eigenvalue weighted by Crippen LogP contribution is -2.51. The number of hydrogen-bond acceptors (Lipinski definition) is 4. The van der Waals surface area contributed by atoms with Crippen LogP contribution in [0.4, 0.5) is 0 Å². The zero-order valence-corrected chi connectivity index (χ0v) is 12.6. The second-order valence-corrected chi connectivity index (χ2v) is 7.19. The van der Waals surface area contributed by atoms with Crippen molar-refractivity contribution in [1.82, 2.24) is 4.72 Å². The number of sulfonamides is 1. The maximum Gasteiger partial charge on any atom is 0.241 e. The predicted octanol–water partition coefficient (Wildman–Crippen LogP) is 1.04. The van der Waals surface area contributed by atoms with Crippen LogP contribution in [0.3, 0.4) is 0 Å². The van der Waals surface area contributed by atoms with Crippen molar-refractivity contribution in [1.29, 1.82) is 0 Å². The average molecular weight is 298 g/mol. The van der Waals surface area contributed by atoms with Gasteiger partial charge in [-0.25, -0.2) is 13.1 Å². The van der Waals surface area contributed by atoms with Crippen LogP contribution in [0.15, 0.2) is 29.2 Å². The van der Waals surface area contributed by atoms with Gasteiger partial charge < -0.3 is 10.5 Å². The van der Waals surface area contributed by atoms with Crippen LogP contribution in [0, 0.1) is 0 Å². The molecule has 1 atom stereocenters. The van der Waals surface area contributed by atoms with Crippen LogP contribution in [0.2, 0.25) is 0 Å². The van der Waals surface area contributed by atoms with Crippen LogP contribution in [0.1, 0.15) is 25.3 Å². The van der Waals surface area contributed by atoms with Gasteiger partial charge in [0, 0.05) is 6.61 Å². The summed E-state index contributed by atoms with van der Waals surface area (Å²) in [4.78, 5) is 0.282. The van der Waals surface area contributed by atoms with Crippen molar-refractivity contribution in [2.75, 3.05) is 19.8 Å². The molecule has 2 rings (SSSR count). The summed E-state index contributed by atoms with van der Waals surface area (Å²) in [7, 11) is -3.51. The van der Waals surface area contributed by atoms with E-state index in [2.05, 4.69) is 4.72 Å². The first-order valence-electron chi connectivity index (χ1n) is 6.86. The van der Waals surface area contributed by atoms with E-state index in [1.165, 1.54) is 0 Å². The Labute approximate surface area is 120 Å². The van der Waals surface area contributed by atoms with Crippen molar-refractivity contribution in [2.24, 2.45) is 5.73 Å². The highest BCUT2D eigenvalue weighted by atomic mass is 32.2. The van der Waals surface area contributed by atoms with Gasteiger partial charge in [0.25, 0.3) is 0 Å². The van der Waals surface area contributed by atoms with Crippen molar-refractivity contribution >= 4 is 10.0 Å².